The second kappa shape index (κ2) is 7.42. The highest BCUT2D eigenvalue weighted by atomic mass is 14.9. The van der Waals surface area contributed by atoms with Crippen molar-refractivity contribution in [2.75, 3.05) is 0 Å². The largest absolute Gasteiger partial charge is 0.274 e. The molecule has 0 amide bonds. The monoisotopic (exact) mass is 358 g/mol. The van der Waals surface area contributed by atoms with Gasteiger partial charge in [-0.15, -0.1) is 0 Å². The van der Waals surface area contributed by atoms with Crippen LogP contribution in [0.1, 0.15) is 58.8 Å². The second-order valence-electron chi connectivity index (χ2n) is 8.22. The SMILES string of the molecule is CCCCC1(CC2(CCCC)C=c3ccccc3=N2)C=c2ccccc2=N1. The van der Waals surface area contributed by atoms with Gasteiger partial charge < -0.3 is 0 Å². The summed E-state index contributed by atoms with van der Waals surface area (Å²) in [6, 6.07) is 17.2. The summed E-state index contributed by atoms with van der Waals surface area (Å²) in [5, 5.41) is 4.87. The van der Waals surface area contributed by atoms with Gasteiger partial charge in [-0.3, -0.25) is 9.98 Å². The molecule has 0 aromatic heterocycles. The maximum atomic E-state index is 5.26. The van der Waals surface area contributed by atoms with E-state index in [1.54, 1.807) is 0 Å². The van der Waals surface area contributed by atoms with Gasteiger partial charge in [0.1, 0.15) is 0 Å². The lowest BCUT2D eigenvalue weighted by Gasteiger charge is -2.34. The van der Waals surface area contributed by atoms with Crippen molar-refractivity contribution in [2.45, 2.75) is 69.9 Å². The van der Waals surface area contributed by atoms with Crippen LogP contribution in [-0.4, -0.2) is 11.1 Å². The third kappa shape index (κ3) is 3.63. The summed E-state index contributed by atoms with van der Waals surface area (Å²) in [4.78, 5) is 10.5. The van der Waals surface area contributed by atoms with Gasteiger partial charge >= 0.3 is 0 Å². The number of fused-ring (bicyclic) bond motifs is 2. The van der Waals surface area contributed by atoms with Crippen molar-refractivity contribution >= 4 is 12.2 Å². The quantitative estimate of drug-likeness (QED) is 0.690. The van der Waals surface area contributed by atoms with Crippen LogP contribution >= 0.6 is 0 Å². The molecule has 2 heterocycles. The molecule has 2 aliphatic heterocycles. The molecular weight excluding hydrogens is 328 g/mol. The normalized spacial score (nSPS) is 25.0. The smallest absolute Gasteiger partial charge is 0.0830 e. The average Bonchev–Trinajstić information content (AvgIpc) is 3.22. The summed E-state index contributed by atoms with van der Waals surface area (Å²) in [5.74, 6) is 0. The Balaban J connectivity index is 1.77. The van der Waals surface area contributed by atoms with Crippen molar-refractivity contribution in [3.63, 3.8) is 0 Å². The van der Waals surface area contributed by atoms with E-state index in [9.17, 15) is 0 Å². The van der Waals surface area contributed by atoms with Crippen molar-refractivity contribution in [3.8, 4) is 0 Å². The van der Waals surface area contributed by atoms with Crippen molar-refractivity contribution in [1.29, 1.82) is 0 Å². The molecule has 2 aromatic carbocycles. The van der Waals surface area contributed by atoms with Crippen LogP contribution < -0.4 is 21.2 Å². The Bertz CT molecular complexity index is 893. The minimum Gasteiger partial charge on any atom is -0.274 e. The highest BCUT2D eigenvalue weighted by Crippen LogP contribution is 2.38. The molecule has 4 rings (SSSR count). The molecule has 2 heteroatoms. The first-order chi connectivity index (χ1) is 13.2. The van der Waals surface area contributed by atoms with E-state index in [0.717, 1.165) is 30.0 Å². The average molecular weight is 359 g/mol. The first kappa shape index (κ1) is 18.2. The van der Waals surface area contributed by atoms with Gasteiger partial charge in [-0.2, -0.15) is 0 Å². The topological polar surface area (TPSA) is 24.7 Å². The van der Waals surface area contributed by atoms with Crippen LogP contribution in [0.3, 0.4) is 0 Å². The molecule has 0 N–H and O–H groups in total. The molecule has 0 aliphatic carbocycles. The first-order valence-electron chi connectivity index (χ1n) is 10.5. The molecule has 2 atom stereocenters. The Morgan fingerprint density at radius 1 is 0.667 bits per heavy atom. The highest BCUT2D eigenvalue weighted by Gasteiger charge is 2.40. The van der Waals surface area contributed by atoms with Gasteiger partial charge in [0.25, 0.3) is 0 Å². The molecule has 0 saturated heterocycles. The maximum absolute atomic E-state index is 5.26. The fraction of sp³-hybridized carbons (Fsp3) is 0.440. The van der Waals surface area contributed by atoms with Gasteiger partial charge in [0.15, 0.2) is 0 Å². The Kier molecular flexibility index (Phi) is 4.99. The number of rotatable bonds is 8. The van der Waals surface area contributed by atoms with E-state index in [-0.39, 0.29) is 11.1 Å². The number of hydrogen-bond acceptors (Lipinski definition) is 2. The molecule has 0 saturated carbocycles. The summed E-state index contributed by atoms with van der Waals surface area (Å²) < 4.78 is 0. The Morgan fingerprint density at radius 3 is 1.52 bits per heavy atom. The Labute approximate surface area is 162 Å². The molecule has 27 heavy (non-hydrogen) atoms. The van der Waals surface area contributed by atoms with E-state index < -0.39 is 0 Å². The molecule has 140 valence electrons. The van der Waals surface area contributed by atoms with E-state index in [1.807, 2.05) is 0 Å². The summed E-state index contributed by atoms with van der Waals surface area (Å²) in [5.41, 5.74) is -0.259. The summed E-state index contributed by atoms with van der Waals surface area (Å²) in [6.45, 7) is 4.54. The van der Waals surface area contributed by atoms with E-state index >= 15 is 0 Å². The maximum Gasteiger partial charge on any atom is 0.0830 e. The lowest BCUT2D eigenvalue weighted by atomic mass is 9.77. The van der Waals surface area contributed by atoms with Crippen LogP contribution in [0.15, 0.2) is 58.5 Å². The predicted octanol–water partition coefficient (Wildman–Crippen LogP) is 3.46. The zero-order valence-electron chi connectivity index (χ0n) is 16.6. The van der Waals surface area contributed by atoms with Gasteiger partial charge in [-0.25, -0.2) is 0 Å². The van der Waals surface area contributed by atoms with Gasteiger partial charge in [-0.05, 0) is 47.6 Å². The predicted molar refractivity (Wildman–Crippen MR) is 113 cm³/mol. The fourth-order valence-corrected chi connectivity index (χ4v) is 4.66. The minimum absolute atomic E-state index is 0.129. The third-order valence-electron chi connectivity index (χ3n) is 5.95. The Morgan fingerprint density at radius 2 is 1.11 bits per heavy atom. The molecular formula is C25H30N2. The molecule has 2 aromatic rings. The fourth-order valence-electron chi connectivity index (χ4n) is 4.66. The van der Waals surface area contributed by atoms with E-state index in [0.29, 0.717) is 0 Å². The molecule has 0 radical (unpaired) electrons. The van der Waals surface area contributed by atoms with Gasteiger partial charge in [0.2, 0.25) is 0 Å². The molecule has 0 bridgehead atoms. The van der Waals surface area contributed by atoms with Crippen molar-refractivity contribution < 1.29 is 0 Å². The van der Waals surface area contributed by atoms with Crippen LogP contribution in [0.25, 0.3) is 12.2 Å². The van der Waals surface area contributed by atoms with Crippen LogP contribution in [0, 0.1) is 0 Å². The summed E-state index contributed by atoms with van der Waals surface area (Å²) in [7, 11) is 0. The van der Waals surface area contributed by atoms with Gasteiger partial charge in [0.05, 0.1) is 21.8 Å². The number of unbranched alkanes of at least 4 members (excludes halogenated alkanes) is 2. The molecule has 0 fully saturated rings. The second-order valence-corrected chi connectivity index (χ2v) is 8.22. The summed E-state index contributed by atoms with van der Waals surface area (Å²) in [6.07, 6.45) is 12.8. The van der Waals surface area contributed by atoms with Crippen LogP contribution in [0.4, 0.5) is 0 Å². The molecule has 2 nitrogen and oxygen atoms in total. The van der Waals surface area contributed by atoms with Crippen molar-refractivity contribution in [1.82, 2.24) is 0 Å². The number of benzene rings is 2. The number of hydrogen-bond donors (Lipinski definition) is 0. The van der Waals surface area contributed by atoms with Crippen molar-refractivity contribution in [2.24, 2.45) is 9.98 Å². The van der Waals surface area contributed by atoms with Crippen LogP contribution in [0.5, 0.6) is 0 Å². The third-order valence-corrected chi connectivity index (χ3v) is 5.95. The zero-order chi connectivity index (χ0) is 18.7. The lowest BCUT2D eigenvalue weighted by molar-refractivity contribution is 0.353. The van der Waals surface area contributed by atoms with E-state index in [2.05, 4.69) is 74.5 Å². The Hall–Kier alpha value is -2.22. The molecule has 2 unspecified atom stereocenters. The molecule has 0 spiro atoms. The first-order valence-corrected chi connectivity index (χ1v) is 10.5. The highest BCUT2D eigenvalue weighted by molar-refractivity contribution is 5.48. The number of para-hydroxylation sites is 2. The van der Waals surface area contributed by atoms with Gasteiger partial charge in [0, 0.05) is 6.42 Å². The summed E-state index contributed by atoms with van der Waals surface area (Å²) >= 11 is 0. The standard InChI is InChI=1S/C25H30N2/c1-3-5-15-24(17-20-11-7-9-13-22(20)26-24)19-25(16-6-4-2)18-21-12-8-10-14-23(21)27-25/h7-14,17-18H,3-6,15-16,19H2,1-2H3. The zero-order valence-corrected chi connectivity index (χ0v) is 16.6. The lowest BCUT2D eigenvalue weighted by Crippen LogP contribution is -2.36. The van der Waals surface area contributed by atoms with Crippen molar-refractivity contribution in [3.05, 3.63) is 69.7 Å². The minimum atomic E-state index is -0.129. The van der Waals surface area contributed by atoms with Crippen LogP contribution in [0.2, 0.25) is 0 Å². The van der Waals surface area contributed by atoms with Gasteiger partial charge in [-0.1, -0.05) is 75.9 Å². The van der Waals surface area contributed by atoms with Crippen LogP contribution in [-0.2, 0) is 0 Å². The number of nitrogens with zero attached hydrogens (tertiary/aromatic N) is 2. The molecule has 2 aliphatic rings. The van der Waals surface area contributed by atoms with E-state index in [1.165, 1.54) is 36.1 Å². The van der Waals surface area contributed by atoms with E-state index in [4.69, 9.17) is 9.98 Å².